The van der Waals surface area contributed by atoms with Crippen molar-refractivity contribution in [2.24, 2.45) is 5.92 Å². The molecule has 1 fully saturated rings. The molecule has 1 aliphatic carbocycles. The molecule has 0 aromatic heterocycles. The third kappa shape index (κ3) is 3.53. The lowest BCUT2D eigenvalue weighted by Crippen LogP contribution is -2.28. The van der Waals surface area contributed by atoms with Crippen LogP contribution >= 0.6 is 0 Å². The van der Waals surface area contributed by atoms with E-state index in [1.807, 2.05) is 12.1 Å². The normalized spacial score (nSPS) is 24.1. The SMILES string of the molecule is CCC1CCC(NCCc2ccccc2F)C1. The minimum Gasteiger partial charge on any atom is -0.314 e. The van der Waals surface area contributed by atoms with Crippen molar-refractivity contribution in [2.45, 2.75) is 45.1 Å². The molecule has 17 heavy (non-hydrogen) atoms. The molecule has 2 unspecified atom stereocenters. The predicted molar refractivity (Wildman–Crippen MR) is 69.5 cm³/mol. The summed E-state index contributed by atoms with van der Waals surface area (Å²) in [6.45, 7) is 3.16. The Bertz CT molecular complexity index is 351. The van der Waals surface area contributed by atoms with Crippen molar-refractivity contribution in [1.29, 1.82) is 0 Å². The molecule has 1 nitrogen and oxygen atoms in total. The first-order chi connectivity index (χ1) is 8.29. The molecule has 0 saturated heterocycles. The van der Waals surface area contributed by atoms with Gasteiger partial charge >= 0.3 is 0 Å². The molecule has 1 aromatic rings. The van der Waals surface area contributed by atoms with Gasteiger partial charge in [-0.25, -0.2) is 4.39 Å². The van der Waals surface area contributed by atoms with Gasteiger partial charge in [-0.1, -0.05) is 31.5 Å². The molecule has 1 N–H and O–H groups in total. The van der Waals surface area contributed by atoms with Gasteiger partial charge in [0.2, 0.25) is 0 Å². The van der Waals surface area contributed by atoms with Gasteiger partial charge in [-0.15, -0.1) is 0 Å². The van der Waals surface area contributed by atoms with Crippen molar-refractivity contribution >= 4 is 0 Å². The number of hydrogen-bond donors (Lipinski definition) is 1. The van der Waals surface area contributed by atoms with Gasteiger partial charge in [0, 0.05) is 6.04 Å². The third-order valence-corrected chi connectivity index (χ3v) is 3.90. The van der Waals surface area contributed by atoms with Crippen molar-refractivity contribution in [3.63, 3.8) is 0 Å². The highest BCUT2D eigenvalue weighted by atomic mass is 19.1. The van der Waals surface area contributed by atoms with Gasteiger partial charge in [0.25, 0.3) is 0 Å². The third-order valence-electron chi connectivity index (χ3n) is 3.90. The van der Waals surface area contributed by atoms with Crippen LogP contribution in [0, 0.1) is 11.7 Å². The monoisotopic (exact) mass is 235 g/mol. The van der Waals surface area contributed by atoms with Crippen molar-refractivity contribution in [1.82, 2.24) is 5.32 Å². The zero-order valence-electron chi connectivity index (χ0n) is 10.6. The average Bonchev–Trinajstić information content (AvgIpc) is 2.80. The maximum Gasteiger partial charge on any atom is 0.126 e. The molecule has 0 radical (unpaired) electrons. The predicted octanol–water partition coefficient (Wildman–Crippen LogP) is 3.54. The molecule has 2 atom stereocenters. The van der Waals surface area contributed by atoms with Crippen molar-refractivity contribution in [2.75, 3.05) is 6.54 Å². The van der Waals surface area contributed by atoms with E-state index in [4.69, 9.17) is 0 Å². The van der Waals surface area contributed by atoms with Gasteiger partial charge in [0.05, 0.1) is 0 Å². The van der Waals surface area contributed by atoms with Crippen LogP contribution in [-0.2, 0) is 6.42 Å². The summed E-state index contributed by atoms with van der Waals surface area (Å²) in [5.41, 5.74) is 0.824. The van der Waals surface area contributed by atoms with Gasteiger partial charge in [-0.3, -0.25) is 0 Å². The first kappa shape index (κ1) is 12.6. The van der Waals surface area contributed by atoms with Crippen LogP contribution in [0.3, 0.4) is 0 Å². The Balaban J connectivity index is 1.72. The summed E-state index contributed by atoms with van der Waals surface area (Å²) in [6.07, 6.45) is 6.03. The molecule has 2 rings (SSSR count). The molecule has 0 heterocycles. The van der Waals surface area contributed by atoms with Crippen LogP contribution in [-0.4, -0.2) is 12.6 Å². The Kier molecular flexibility index (Phi) is 4.55. The fraction of sp³-hybridized carbons (Fsp3) is 0.600. The summed E-state index contributed by atoms with van der Waals surface area (Å²) >= 11 is 0. The molecular formula is C15H22FN. The van der Waals surface area contributed by atoms with E-state index in [0.29, 0.717) is 6.04 Å². The van der Waals surface area contributed by atoms with Crippen LogP contribution in [0.5, 0.6) is 0 Å². The highest BCUT2D eigenvalue weighted by molar-refractivity contribution is 5.17. The molecule has 0 bridgehead atoms. The van der Waals surface area contributed by atoms with Crippen molar-refractivity contribution in [3.05, 3.63) is 35.6 Å². The van der Waals surface area contributed by atoms with Crippen LogP contribution in [0.4, 0.5) is 4.39 Å². The molecule has 1 saturated carbocycles. The van der Waals surface area contributed by atoms with E-state index in [1.54, 1.807) is 6.07 Å². The second kappa shape index (κ2) is 6.15. The fourth-order valence-electron chi connectivity index (χ4n) is 2.74. The molecule has 1 aliphatic rings. The highest BCUT2D eigenvalue weighted by Crippen LogP contribution is 2.27. The van der Waals surface area contributed by atoms with E-state index in [0.717, 1.165) is 24.4 Å². The van der Waals surface area contributed by atoms with E-state index in [-0.39, 0.29) is 5.82 Å². The second-order valence-corrected chi connectivity index (χ2v) is 5.08. The maximum atomic E-state index is 13.4. The molecule has 0 spiro atoms. The van der Waals surface area contributed by atoms with E-state index in [9.17, 15) is 4.39 Å². The minimum absolute atomic E-state index is 0.0767. The lowest BCUT2D eigenvalue weighted by molar-refractivity contribution is 0.477. The van der Waals surface area contributed by atoms with E-state index in [2.05, 4.69) is 12.2 Å². The van der Waals surface area contributed by atoms with E-state index >= 15 is 0 Å². The largest absolute Gasteiger partial charge is 0.314 e. The Morgan fingerprint density at radius 3 is 2.82 bits per heavy atom. The lowest BCUT2D eigenvalue weighted by atomic mass is 10.1. The summed E-state index contributed by atoms with van der Waals surface area (Å²) in [7, 11) is 0. The van der Waals surface area contributed by atoms with Crippen LogP contribution in [0.25, 0.3) is 0 Å². The Morgan fingerprint density at radius 1 is 1.29 bits per heavy atom. The Labute approximate surface area is 103 Å². The van der Waals surface area contributed by atoms with Crippen LogP contribution in [0.15, 0.2) is 24.3 Å². The van der Waals surface area contributed by atoms with Gasteiger partial charge in [-0.05, 0) is 49.8 Å². The summed E-state index contributed by atoms with van der Waals surface area (Å²) in [6, 6.07) is 7.72. The highest BCUT2D eigenvalue weighted by Gasteiger charge is 2.22. The number of halogens is 1. The lowest BCUT2D eigenvalue weighted by Gasteiger charge is -2.12. The first-order valence-corrected chi connectivity index (χ1v) is 6.76. The number of rotatable bonds is 5. The van der Waals surface area contributed by atoms with E-state index < -0.39 is 0 Å². The number of nitrogens with one attached hydrogen (secondary N) is 1. The summed E-state index contributed by atoms with van der Waals surface area (Å²) < 4.78 is 13.4. The topological polar surface area (TPSA) is 12.0 Å². The second-order valence-electron chi connectivity index (χ2n) is 5.08. The van der Waals surface area contributed by atoms with Gasteiger partial charge < -0.3 is 5.32 Å². The zero-order chi connectivity index (χ0) is 12.1. The van der Waals surface area contributed by atoms with Crippen LogP contribution < -0.4 is 5.32 Å². The molecule has 2 heteroatoms. The molecule has 94 valence electrons. The van der Waals surface area contributed by atoms with Crippen LogP contribution in [0.2, 0.25) is 0 Å². The Hall–Kier alpha value is -0.890. The minimum atomic E-state index is -0.0767. The molecule has 0 aliphatic heterocycles. The fourth-order valence-corrected chi connectivity index (χ4v) is 2.74. The van der Waals surface area contributed by atoms with Gasteiger partial charge in [0.1, 0.15) is 5.82 Å². The maximum absolute atomic E-state index is 13.4. The smallest absolute Gasteiger partial charge is 0.126 e. The van der Waals surface area contributed by atoms with E-state index in [1.165, 1.54) is 31.7 Å². The first-order valence-electron chi connectivity index (χ1n) is 6.76. The number of benzene rings is 1. The quantitative estimate of drug-likeness (QED) is 0.823. The molecule has 0 amide bonds. The van der Waals surface area contributed by atoms with Crippen molar-refractivity contribution < 1.29 is 4.39 Å². The standard InChI is InChI=1S/C15H22FN/c1-2-12-7-8-14(11-12)17-10-9-13-5-3-4-6-15(13)16/h3-6,12,14,17H,2,7-11H2,1H3. The summed E-state index contributed by atoms with van der Waals surface area (Å²) in [5, 5.41) is 3.55. The zero-order valence-corrected chi connectivity index (χ0v) is 10.6. The van der Waals surface area contributed by atoms with Gasteiger partial charge in [0.15, 0.2) is 0 Å². The van der Waals surface area contributed by atoms with Crippen molar-refractivity contribution in [3.8, 4) is 0 Å². The summed E-state index contributed by atoms with van der Waals surface area (Å²) in [4.78, 5) is 0. The molecular weight excluding hydrogens is 213 g/mol. The van der Waals surface area contributed by atoms with Crippen LogP contribution in [0.1, 0.15) is 38.2 Å². The van der Waals surface area contributed by atoms with Gasteiger partial charge in [-0.2, -0.15) is 0 Å². The summed E-state index contributed by atoms with van der Waals surface area (Å²) in [5.74, 6) is 0.827. The average molecular weight is 235 g/mol. The Morgan fingerprint density at radius 2 is 2.12 bits per heavy atom. The number of hydrogen-bond acceptors (Lipinski definition) is 1. The molecule has 1 aromatic carbocycles.